The van der Waals surface area contributed by atoms with Gasteiger partial charge in [0.1, 0.15) is 6.54 Å². The van der Waals surface area contributed by atoms with E-state index in [1.54, 1.807) is 4.90 Å². The second-order valence-corrected chi connectivity index (χ2v) is 8.87. The second kappa shape index (κ2) is 8.52. The Hall–Kier alpha value is -1.07. The number of sulfonamides is 1. The SMILES string of the molecule is CN(CC(F)(F)F)C(=O)CN1CCN(S(=O)(=O)c2ccc(Cl)c(Cl)c2)CC1. The van der Waals surface area contributed by atoms with Crippen molar-refractivity contribution in [1.82, 2.24) is 14.1 Å². The highest BCUT2D eigenvalue weighted by atomic mass is 35.5. The average molecular weight is 448 g/mol. The monoisotopic (exact) mass is 447 g/mol. The maximum atomic E-state index is 12.7. The van der Waals surface area contributed by atoms with Gasteiger partial charge in [-0.1, -0.05) is 23.2 Å². The van der Waals surface area contributed by atoms with E-state index in [1.165, 1.54) is 22.5 Å². The fraction of sp³-hybridized carbons (Fsp3) is 0.533. The number of rotatable bonds is 5. The van der Waals surface area contributed by atoms with Gasteiger partial charge in [-0.15, -0.1) is 0 Å². The van der Waals surface area contributed by atoms with Crippen molar-refractivity contribution in [3.05, 3.63) is 28.2 Å². The number of carbonyl (C=O) groups is 1. The molecule has 1 heterocycles. The second-order valence-electron chi connectivity index (χ2n) is 6.12. The first-order valence-corrected chi connectivity index (χ1v) is 10.1. The third-order valence-corrected chi connectivity index (χ3v) is 6.69. The number of nitrogens with zero attached hydrogens (tertiary/aromatic N) is 3. The highest BCUT2D eigenvalue weighted by Gasteiger charge is 2.33. The van der Waals surface area contributed by atoms with E-state index in [2.05, 4.69) is 0 Å². The van der Waals surface area contributed by atoms with Crippen molar-refractivity contribution in [2.75, 3.05) is 46.3 Å². The van der Waals surface area contributed by atoms with Gasteiger partial charge in [-0.05, 0) is 18.2 Å². The number of likely N-dealkylation sites (N-methyl/N-ethyl adjacent to an activating group) is 1. The van der Waals surface area contributed by atoms with Crippen LogP contribution in [0, 0.1) is 0 Å². The van der Waals surface area contributed by atoms with E-state index < -0.39 is 28.7 Å². The van der Waals surface area contributed by atoms with Crippen LogP contribution in [0.3, 0.4) is 0 Å². The molecule has 0 N–H and O–H groups in total. The maximum absolute atomic E-state index is 12.7. The van der Waals surface area contributed by atoms with E-state index in [1.807, 2.05) is 0 Å². The lowest BCUT2D eigenvalue weighted by molar-refractivity contribution is -0.159. The van der Waals surface area contributed by atoms with Gasteiger partial charge >= 0.3 is 6.18 Å². The third kappa shape index (κ3) is 5.95. The molecule has 0 saturated carbocycles. The molecule has 1 aliphatic heterocycles. The van der Waals surface area contributed by atoms with E-state index in [-0.39, 0.29) is 47.7 Å². The summed E-state index contributed by atoms with van der Waals surface area (Å²) in [5.74, 6) is -0.673. The summed E-state index contributed by atoms with van der Waals surface area (Å²) in [5, 5.41) is 0.358. The molecular weight excluding hydrogens is 430 g/mol. The van der Waals surface area contributed by atoms with Crippen LogP contribution in [0.2, 0.25) is 10.0 Å². The van der Waals surface area contributed by atoms with Crippen molar-refractivity contribution in [1.29, 1.82) is 0 Å². The fourth-order valence-corrected chi connectivity index (χ4v) is 4.40. The summed E-state index contributed by atoms with van der Waals surface area (Å²) >= 11 is 11.7. The molecule has 0 unspecified atom stereocenters. The lowest BCUT2D eigenvalue weighted by atomic mass is 10.3. The van der Waals surface area contributed by atoms with Crippen LogP contribution in [0.15, 0.2) is 23.1 Å². The highest BCUT2D eigenvalue weighted by Crippen LogP contribution is 2.27. The van der Waals surface area contributed by atoms with Crippen molar-refractivity contribution in [2.24, 2.45) is 0 Å². The first kappa shape index (κ1) is 22.2. The molecule has 27 heavy (non-hydrogen) atoms. The van der Waals surface area contributed by atoms with Crippen molar-refractivity contribution in [3.63, 3.8) is 0 Å². The molecular formula is C15H18Cl2F3N3O3S. The summed E-state index contributed by atoms with van der Waals surface area (Å²) < 4.78 is 63.6. The maximum Gasteiger partial charge on any atom is 0.406 e. The summed E-state index contributed by atoms with van der Waals surface area (Å²) in [6, 6.07) is 4.01. The molecule has 152 valence electrons. The number of carbonyl (C=O) groups excluding carboxylic acids is 1. The van der Waals surface area contributed by atoms with E-state index in [0.717, 1.165) is 7.05 Å². The molecule has 0 radical (unpaired) electrons. The van der Waals surface area contributed by atoms with Crippen LogP contribution in [0.5, 0.6) is 0 Å². The third-order valence-electron chi connectivity index (χ3n) is 4.06. The standard InChI is InChI=1S/C15H18Cl2F3N3O3S/c1-21(10-15(18,19)20)14(24)9-22-4-6-23(7-5-22)27(25,26)11-2-3-12(16)13(17)8-11/h2-3,8H,4-7,9-10H2,1H3. The minimum absolute atomic E-state index is 0.00587. The number of hydrogen-bond donors (Lipinski definition) is 0. The van der Waals surface area contributed by atoms with Crippen molar-refractivity contribution >= 4 is 39.1 Å². The van der Waals surface area contributed by atoms with Crippen LogP contribution in [-0.2, 0) is 14.8 Å². The zero-order chi connectivity index (χ0) is 20.4. The summed E-state index contributed by atoms with van der Waals surface area (Å²) in [4.78, 5) is 14.1. The molecule has 0 atom stereocenters. The van der Waals surface area contributed by atoms with Gasteiger partial charge in [0.2, 0.25) is 15.9 Å². The van der Waals surface area contributed by atoms with Crippen LogP contribution in [0.4, 0.5) is 13.2 Å². The van der Waals surface area contributed by atoms with E-state index in [9.17, 15) is 26.4 Å². The van der Waals surface area contributed by atoms with Gasteiger partial charge < -0.3 is 4.90 Å². The number of halogens is 5. The summed E-state index contributed by atoms with van der Waals surface area (Å²) in [6.45, 7) is -0.846. The molecule has 0 spiro atoms. The summed E-state index contributed by atoms with van der Waals surface area (Å²) in [5.41, 5.74) is 0. The van der Waals surface area contributed by atoms with Crippen molar-refractivity contribution < 1.29 is 26.4 Å². The lowest BCUT2D eigenvalue weighted by Gasteiger charge is -2.34. The Labute approximate surface area is 165 Å². The molecule has 1 saturated heterocycles. The van der Waals surface area contributed by atoms with Gasteiger partial charge in [0.25, 0.3) is 0 Å². The van der Waals surface area contributed by atoms with Crippen LogP contribution in [0.25, 0.3) is 0 Å². The van der Waals surface area contributed by atoms with Gasteiger partial charge in [-0.3, -0.25) is 9.69 Å². The van der Waals surface area contributed by atoms with Gasteiger partial charge in [-0.25, -0.2) is 8.42 Å². The van der Waals surface area contributed by atoms with Crippen molar-refractivity contribution in [2.45, 2.75) is 11.1 Å². The van der Waals surface area contributed by atoms with Crippen molar-refractivity contribution in [3.8, 4) is 0 Å². The van der Waals surface area contributed by atoms with E-state index in [4.69, 9.17) is 23.2 Å². The quantitative estimate of drug-likeness (QED) is 0.694. The average Bonchev–Trinajstić information content (AvgIpc) is 2.56. The lowest BCUT2D eigenvalue weighted by Crippen LogP contribution is -2.51. The molecule has 6 nitrogen and oxygen atoms in total. The Kier molecular flexibility index (Phi) is 7.01. The first-order valence-electron chi connectivity index (χ1n) is 7.88. The zero-order valence-electron chi connectivity index (χ0n) is 14.3. The van der Waals surface area contributed by atoms with Gasteiger partial charge in [0, 0.05) is 33.2 Å². The van der Waals surface area contributed by atoms with E-state index >= 15 is 0 Å². The molecule has 1 aromatic carbocycles. The number of piperazine rings is 1. The smallest absolute Gasteiger partial charge is 0.336 e. The molecule has 0 aromatic heterocycles. The van der Waals surface area contributed by atoms with Gasteiger partial charge in [0.05, 0.1) is 21.5 Å². The normalized spacial score (nSPS) is 17.1. The molecule has 12 heteroatoms. The zero-order valence-corrected chi connectivity index (χ0v) is 16.7. The Morgan fingerprint density at radius 2 is 1.74 bits per heavy atom. The van der Waals surface area contributed by atoms with Crippen LogP contribution in [0.1, 0.15) is 0 Å². The predicted octanol–water partition coefficient (Wildman–Crippen LogP) is 2.32. The predicted molar refractivity (Wildman–Crippen MR) is 95.4 cm³/mol. The fourth-order valence-electron chi connectivity index (χ4n) is 2.58. The molecule has 1 fully saturated rings. The molecule has 1 aliphatic rings. The highest BCUT2D eigenvalue weighted by molar-refractivity contribution is 7.89. The summed E-state index contributed by atoms with van der Waals surface area (Å²) in [6.07, 6.45) is -4.46. The molecule has 0 aliphatic carbocycles. The molecule has 1 aromatic rings. The summed E-state index contributed by atoms with van der Waals surface area (Å²) in [7, 11) is -2.69. The molecule has 1 amide bonds. The Morgan fingerprint density at radius 1 is 1.15 bits per heavy atom. The van der Waals surface area contributed by atoms with Crippen LogP contribution < -0.4 is 0 Å². The molecule has 2 rings (SSSR count). The first-order chi connectivity index (χ1) is 12.4. The van der Waals surface area contributed by atoms with Gasteiger partial charge in [-0.2, -0.15) is 17.5 Å². The van der Waals surface area contributed by atoms with Crippen LogP contribution in [-0.4, -0.2) is 80.9 Å². The number of benzene rings is 1. The minimum Gasteiger partial charge on any atom is -0.336 e. The Bertz CT molecular complexity index is 797. The van der Waals surface area contributed by atoms with Crippen LogP contribution >= 0.6 is 23.2 Å². The largest absolute Gasteiger partial charge is 0.406 e. The number of amides is 1. The molecule has 0 bridgehead atoms. The Morgan fingerprint density at radius 3 is 2.26 bits per heavy atom. The van der Waals surface area contributed by atoms with E-state index in [0.29, 0.717) is 4.90 Å². The topological polar surface area (TPSA) is 60.9 Å². The number of hydrogen-bond acceptors (Lipinski definition) is 4. The number of alkyl halides is 3. The minimum atomic E-state index is -4.46. The Balaban J connectivity index is 1.94. The van der Waals surface area contributed by atoms with Gasteiger partial charge in [0.15, 0.2) is 0 Å².